The second-order valence-corrected chi connectivity index (χ2v) is 17.3. The van der Waals surface area contributed by atoms with Crippen LogP contribution >= 0.6 is 0 Å². The first-order chi connectivity index (χ1) is 32.0. The zero-order chi connectivity index (χ0) is 48.2. The van der Waals surface area contributed by atoms with E-state index in [9.17, 15) is 45.3 Å². The first kappa shape index (κ1) is 59.3. The Bertz CT molecular complexity index is 1380. The maximum absolute atomic E-state index is 13.0. The number of hydrogen-bond donors (Lipinski definition) is 7. The van der Waals surface area contributed by atoms with Gasteiger partial charge in [0.15, 0.2) is 18.7 Å². The average Bonchev–Trinajstić information content (AvgIpc) is 3.31. The number of allylic oxidation sites excluding steroid dienone is 10. The topological polar surface area (TPSA) is 231 Å². The number of aliphatic hydroxyl groups excluding tert-OH is 7. The number of hydrogen-bond acceptors (Lipinski definition) is 15. The van der Waals surface area contributed by atoms with Crippen LogP contribution in [-0.4, -0.2) is 142 Å². The van der Waals surface area contributed by atoms with E-state index in [1.54, 1.807) is 0 Å². The van der Waals surface area contributed by atoms with Crippen LogP contribution in [0.3, 0.4) is 0 Å². The van der Waals surface area contributed by atoms with Gasteiger partial charge in [-0.25, -0.2) is 0 Å². The van der Waals surface area contributed by atoms with E-state index in [0.717, 1.165) is 89.9 Å². The minimum Gasteiger partial charge on any atom is -0.462 e. The van der Waals surface area contributed by atoms with E-state index in [2.05, 4.69) is 74.6 Å². The summed E-state index contributed by atoms with van der Waals surface area (Å²) in [6.45, 7) is 2.41. The van der Waals surface area contributed by atoms with Crippen LogP contribution in [-0.2, 0) is 38.0 Å². The molecule has 0 aliphatic carbocycles. The summed E-state index contributed by atoms with van der Waals surface area (Å²) >= 11 is 0. The summed E-state index contributed by atoms with van der Waals surface area (Å²) in [5.41, 5.74) is 0. The highest BCUT2D eigenvalue weighted by molar-refractivity contribution is 5.70. The van der Waals surface area contributed by atoms with Crippen LogP contribution in [0.2, 0.25) is 0 Å². The maximum Gasteiger partial charge on any atom is 0.306 e. The molecule has 2 aliphatic rings. The van der Waals surface area contributed by atoms with E-state index < -0.39 is 99.3 Å². The minimum atomic E-state index is -1.77. The Morgan fingerprint density at radius 1 is 0.500 bits per heavy atom. The van der Waals surface area contributed by atoms with Crippen LogP contribution in [0.25, 0.3) is 0 Å². The fraction of sp³-hybridized carbons (Fsp3) is 0.765. The highest BCUT2D eigenvalue weighted by Gasteiger charge is 2.47. The van der Waals surface area contributed by atoms with Gasteiger partial charge in [0.25, 0.3) is 0 Å². The number of rotatable bonds is 37. The van der Waals surface area contributed by atoms with Gasteiger partial charge in [-0.15, -0.1) is 0 Å². The molecule has 0 radical (unpaired) electrons. The van der Waals surface area contributed by atoms with Crippen molar-refractivity contribution in [3.8, 4) is 0 Å². The predicted molar refractivity (Wildman–Crippen MR) is 252 cm³/mol. The second-order valence-electron chi connectivity index (χ2n) is 17.3. The Balaban J connectivity index is 1.84. The van der Waals surface area contributed by atoms with Crippen molar-refractivity contribution in [3.63, 3.8) is 0 Å². The third kappa shape index (κ3) is 26.1. The molecule has 2 saturated heterocycles. The van der Waals surface area contributed by atoms with Crippen molar-refractivity contribution in [1.82, 2.24) is 0 Å². The summed E-state index contributed by atoms with van der Waals surface area (Å²) in [5, 5.41) is 72.0. The van der Waals surface area contributed by atoms with Gasteiger partial charge >= 0.3 is 11.9 Å². The van der Waals surface area contributed by atoms with E-state index >= 15 is 0 Å². The quantitative estimate of drug-likeness (QED) is 0.0201. The van der Waals surface area contributed by atoms with Gasteiger partial charge in [0.05, 0.1) is 19.8 Å². The number of aliphatic hydroxyl groups is 7. The fourth-order valence-corrected chi connectivity index (χ4v) is 7.38. The van der Waals surface area contributed by atoms with Gasteiger partial charge < -0.3 is 64.2 Å². The molecule has 15 heteroatoms. The number of unbranched alkanes of at least 4 members (excludes halogenated alkanes) is 13. The Morgan fingerprint density at radius 3 is 1.52 bits per heavy atom. The molecule has 380 valence electrons. The molecule has 0 spiro atoms. The van der Waals surface area contributed by atoms with Crippen LogP contribution in [0.15, 0.2) is 60.8 Å². The van der Waals surface area contributed by atoms with Crippen molar-refractivity contribution in [1.29, 1.82) is 0 Å². The van der Waals surface area contributed by atoms with E-state index in [1.165, 1.54) is 25.7 Å². The van der Waals surface area contributed by atoms with Gasteiger partial charge in [0, 0.05) is 12.8 Å². The van der Waals surface area contributed by atoms with E-state index in [0.29, 0.717) is 12.8 Å². The van der Waals surface area contributed by atoms with Crippen LogP contribution in [0, 0.1) is 0 Å². The Hall–Kier alpha value is -2.80. The average molecular weight is 939 g/mol. The summed E-state index contributed by atoms with van der Waals surface area (Å²) in [6.07, 6.45) is 25.3. The molecule has 0 amide bonds. The summed E-state index contributed by atoms with van der Waals surface area (Å²) in [4.78, 5) is 25.7. The van der Waals surface area contributed by atoms with E-state index in [4.69, 9.17) is 28.4 Å². The molecular weight excluding hydrogens is 853 g/mol. The molecular formula is C51H86O15. The van der Waals surface area contributed by atoms with Crippen molar-refractivity contribution >= 4 is 11.9 Å². The number of carbonyl (C=O) groups excluding carboxylic acids is 2. The molecule has 2 aliphatic heterocycles. The normalized spacial score (nSPS) is 26.7. The van der Waals surface area contributed by atoms with Crippen LogP contribution in [0.4, 0.5) is 0 Å². The molecule has 7 N–H and O–H groups in total. The lowest BCUT2D eigenvalue weighted by molar-refractivity contribution is -0.332. The largest absolute Gasteiger partial charge is 0.462 e. The van der Waals surface area contributed by atoms with Gasteiger partial charge in [0.2, 0.25) is 0 Å². The van der Waals surface area contributed by atoms with Crippen molar-refractivity contribution in [2.24, 2.45) is 0 Å². The molecule has 0 aromatic rings. The standard InChI is InChI=1S/C51H86O15/c1-3-5-7-9-11-13-15-17-18-19-20-22-24-26-28-30-32-34-43(54)64-39(36-61-42(53)33-31-29-27-25-23-21-16-14-12-10-8-6-4-2)37-62-50-49(60)47(58)45(56)41(66-50)38-63-51-48(59)46(57)44(55)40(35-52)65-51/h5,7,11,13-14,16-18,20,22,39-41,44-52,55-60H,3-4,6,8-10,12,15,19,21,23-38H2,1-2H3/b7-5-,13-11-,16-14-,18-17-,22-20-. The minimum absolute atomic E-state index is 0.133. The van der Waals surface area contributed by atoms with Crippen LogP contribution in [0.1, 0.15) is 155 Å². The van der Waals surface area contributed by atoms with E-state index in [1.807, 2.05) is 0 Å². The summed E-state index contributed by atoms with van der Waals surface area (Å²) in [6, 6.07) is 0. The molecule has 11 atom stereocenters. The molecule has 2 heterocycles. The van der Waals surface area contributed by atoms with E-state index in [-0.39, 0.29) is 19.4 Å². The molecule has 0 saturated carbocycles. The molecule has 0 aromatic heterocycles. The third-order valence-electron chi connectivity index (χ3n) is 11.5. The van der Waals surface area contributed by atoms with Gasteiger partial charge in [0.1, 0.15) is 55.4 Å². The van der Waals surface area contributed by atoms with Gasteiger partial charge in [-0.3, -0.25) is 9.59 Å². The summed E-state index contributed by atoms with van der Waals surface area (Å²) in [7, 11) is 0. The molecule has 0 bridgehead atoms. The van der Waals surface area contributed by atoms with Crippen molar-refractivity contribution < 1.29 is 73.8 Å². The second kappa shape index (κ2) is 38.1. The molecule has 2 rings (SSSR count). The third-order valence-corrected chi connectivity index (χ3v) is 11.5. The number of carbonyl (C=O) groups is 2. The lowest BCUT2D eigenvalue weighted by Gasteiger charge is -2.42. The number of esters is 2. The van der Waals surface area contributed by atoms with Gasteiger partial charge in [-0.2, -0.15) is 0 Å². The molecule has 66 heavy (non-hydrogen) atoms. The smallest absolute Gasteiger partial charge is 0.306 e. The lowest BCUT2D eigenvalue weighted by Crippen LogP contribution is -2.61. The zero-order valence-electron chi connectivity index (χ0n) is 39.9. The Kier molecular flexibility index (Phi) is 34.2. The highest BCUT2D eigenvalue weighted by Crippen LogP contribution is 2.26. The number of ether oxygens (including phenoxy) is 6. The highest BCUT2D eigenvalue weighted by atomic mass is 16.7. The van der Waals surface area contributed by atoms with Crippen molar-refractivity contribution in [2.75, 3.05) is 26.4 Å². The SMILES string of the molecule is CC/C=C\C/C=C\C/C=C\C/C=C\CCCCCCC(=O)OC(COC(=O)CCCCCCC/C=C\CCCCCC)COC1OC(COC2OC(CO)C(O)C(O)C2O)C(O)C(O)C1O. The van der Waals surface area contributed by atoms with Crippen molar-refractivity contribution in [2.45, 2.75) is 223 Å². The summed E-state index contributed by atoms with van der Waals surface area (Å²) < 4.78 is 33.5. The van der Waals surface area contributed by atoms with Crippen LogP contribution < -0.4 is 0 Å². The predicted octanol–water partition coefficient (Wildman–Crippen LogP) is 6.49. The zero-order valence-corrected chi connectivity index (χ0v) is 39.9. The molecule has 15 nitrogen and oxygen atoms in total. The first-order valence-corrected chi connectivity index (χ1v) is 24.9. The molecule has 0 aromatic carbocycles. The molecule has 11 unspecified atom stereocenters. The molecule has 2 fully saturated rings. The van der Waals surface area contributed by atoms with Crippen molar-refractivity contribution in [3.05, 3.63) is 60.8 Å². The first-order valence-electron chi connectivity index (χ1n) is 24.9. The summed E-state index contributed by atoms with van der Waals surface area (Å²) in [5.74, 6) is -0.968. The Labute approximate surface area is 394 Å². The lowest BCUT2D eigenvalue weighted by atomic mass is 9.98. The van der Waals surface area contributed by atoms with Crippen LogP contribution in [0.5, 0.6) is 0 Å². The fourth-order valence-electron chi connectivity index (χ4n) is 7.38. The van der Waals surface area contributed by atoms with Gasteiger partial charge in [-0.1, -0.05) is 126 Å². The Morgan fingerprint density at radius 2 is 0.955 bits per heavy atom. The van der Waals surface area contributed by atoms with Gasteiger partial charge in [-0.05, 0) is 77.0 Å². The maximum atomic E-state index is 13.0. The monoisotopic (exact) mass is 939 g/mol.